The van der Waals surface area contributed by atoms with Gasteiger partial charge in [-0.3, -0.25) is 0 Å². The highest BCUT2D eigenvalue weighted by atomic mass is 16.5. The van der Waals surface area contributed by atoms with Crippen molar-refractivity contribution in [1.29, 1.82) is 0 Å². The maximum Gasteiger partial charge on any atom is 0.416 e. The van der Waals surface area contributed by atoms with Crippen molar-refractivity contribution in [2.24, 2.45) is 23.7 Å². The SMILES string of the molecule is CC(=[N+]=[N-])C(=O)OC1C2CC3CC(C2)CC1C3. The molecule has 0 aromatic rings. The molecule has 4 fully saturated rings. The van der Waals surface area contributed by atoms with Gasteiger partial charge in [0.05, 0.1) is 0 Å². The van der Waals surface area contributed by atoms with E-state index < -0.39 is 5.97 Å². The zero-order valence-electron chi connectivity index (χ0n) is 10.1. The van der Waals surface area contributed by atoms with Crippen molar-refractivity contribution in [3.8, 4) is 0 Å². The second-order valence-electron chi connectivity index (χ2n) is 5.99. The van der Waals surface area contributed by atoms with Crippen LogP contribution in [0.2, 0.25) is 0 Å². The standard InChI is InChI=1S/C13H18N2O2/c1-7(15-14)13(16)17-12-10-3-8-2-9(5-10)6-11(12)4-8/h8-12H,2-6H2,1H3. The predicted molar refractivity (Wildman–Crippen MR) is 61.2 cm³/mol. The number of nitrogens with zero attached hydrogens (tertiary/aromatic N) is 2. The molecular weight excluding hydrogens is 216 g/mol. The summed E-state index contributed by atoms with van der Waals surface area (Å²) in [6.45, 7) is 1.48. The van der Waals surface area contributed by atoms with Crippen LogP contribution in [0.15, 0.2) is 0 Å². The van der Waals surface area contributed by atoms with Gasteiger partial charge in [-0.15, -0.1) is 0 Å². The summed E-state index contributed by atoms with van der Waals surface area (Å²) in [5.74, 6) is 2.41. The largest absolute Gasteiger partial charge is 0.453 e. The molecule has 17 heavy (non-hydrogen) atoms. The van der Waals surface area contributed by atoms with E-state index in [9.17, 15) is 4.79 Å². The van der Waals surface area contributed by atoms with Crippen molar-refractivity contribution in [2.75, 3.05) is 0 Å². The maximum atomic E-state index is 11.7. The molecule has 4 nitrogen and oxygen atoms in total. The summed E-state index contributed by atoms with van der Waals surface area (Å²) in [4.78, 5) is 14.6. The number of hydrogen-bond donors (Lipinski definition) is 0. The lowest BCUT2D eigenvalue weighted by molar-refractivity contribution is -0.166. The van der Waals surface area contributed by atoms with Crippen molar-refractivity contribution in [3.63, 3.8) is 0 Å². The van der Waals surface area contributed by atoms with E-state index in [4.69, 9.17) is 10.3 Å². The molecule has 4 rings (SSSR count). The van der Waals surface area contributed by atoms with Crippen LogP contribution in [0.25, 0.3) is 5.53 Å². The summed E-state index contributed by atoms with van der Waals surface area (Å²) < 4.78 is 5.55. The van der Waals surface area contributed by atoms with Gasteiger partial charge in [-0.1, -0.05) is 0 Å². The maximum absolute atomic E-state index is 11.7. The summed E-state index contributed by atoms with van der Waals surface area (Å²) >= 11 is 0. The first-order valence-corrected chi connectivity index (χ1v) is 6.57. The summed E-state index contributed by atoms with van der Waals surface area (Å²) in [5, 5.41) is 0. The van der Waals surface area contributed by atoms with Crippen LogP contribution in [0.5, 0.6) is 0 Å². The Bertz CT molecular complexity index is 370. The molecule has 0 spiro atoms. The fourth-order valence-corrected chi connectivity index (χ4v) is 4.32. The molecule has 4 bridgehead atoms. The summed E-state index contributed by atoms with van der Waals surface area (Å²) in [7, 11) is 0. The van der Waals surface area contributed by atoms with Gasteiger partial charge in [-0.25, -0.2) is 4.79 Å². The number of carbonyl (C=O) groups excluding carboxylic acids is 1. The minimum absolute atomic E-state index is 0.0545. The molecule has 4 saturated carbocycles. The van der Waals surface area contributed by atoms with Crippen LogP contribution in [-0.2, 0) is 9.53 Å². The zero-order chi connectivity index (χ0) is 12.0. The molecule has 4 heteroatoms. The summed E-state index contributed by atoms with van der Waals surface area (Å²) in [6.07, 6.45) is 6.36. The lowest BCUT2D eigenvalue weighted by Gasteiger charge is -2.53. The Balaban J connectivity index is 1.72. The van der Waals surface area contributed by atoms with E-state index in [1.54, 1.807) is 0 Å². The Morgan fingerprint density at radius 1 is 1.12 bits per heavy atom. The van der Waals surface area contributed by atoms with E-state index >= 15 is 0 Å². The average molecular weight is 234 g/mol. The van der Waals surface area contributed by atoms with Crippen molar-refractivity contribution >= 4 is 11.7 Å². The van der Waals surface area contributed by atoms with Gasteiger partial charge < -0.3 is 10.3 Å². The molecule has 92 valence electrons. The molecule has 0 heterocycles. The van der Waals surface area contributed by atoms with E-state index in [0.29, 0.717) is 11.8 Å². The Kier molecular flexibility index (Phi) is 2.55. The summed E-state index contributed by atoms with van der Waals surface area (Å²) in [6, 6.07) is 0. The first kappa shape index (κ1) is 11.0. The highest BCUT2D eigenvalue weighted by Gasteiger charge is 2.50. The van der Waals surface area contributed by atoms with Gasteiger partial charge in [0.15, 0.2) is 0 Å². The fraction of sp³-hybridized carbons (Fsp3) is 0.846. The number of hydrogen-bond acceptors (Lipinski definition) is 2. The molecule has 0 aliphatic heterocycles. The van der Waals surface area contributed by atoms with Crippen LogP contribution in [0.4, 0.5) is 0 Å². The molecule has 0 amide bonds. The van der Waals surface area contributed by atoms with Crippen molar-refractivity contribution in [3.05, 3.63) is 5.53 Å². The van der Waals surface area contributed by atoms with Gasteiger partial charge in [-0.2, -0.15) is 4.79 Å². The number of ether oxygens (including phenoxy) is 1. The Labute approximate surface area is 101 Å². The first-order chi connectivity index (χ1) is 8.17. The van der Waals surface area contributed by atoms with Gasteiger partial charge in [0.1, 0.15) is 6.10 Å². The second-order valence-corrected chi connectivity index (χ2v) is 5.99. The minimum Gasteiger partial charge on any atom is -0.453 e. The summed E-state index contributed by atoms with van der Waals surface area (Å²) in [5.41, 5.74) is 8.63. The molecule has 0 aromatic heterocycles. The predicted octanol–water partition coefficient (Wildman–Crippen LogP) is 2.04. The molecule has 0 saturated heterocycles. The third kappa shape index (κ3) is 1.81. The third-order valence-corrected chi connectivity index (χ3v) is 4.83. The highest BCUT2D eigenvalue weighted by Crippen LogP contribution is 2.54. The second kappa shape index (κ2) is 3.95. The van der Waals surface area contributed by atoms with Crippen LogP contribution < -0.4 is 0 Å². The molecule has 0 unspecified atom stereocenters. The van der Waals surface area contributed by atoms with Crippen LogP contribution in [0.1, 0.15) is 39.0 Å². The lowest BCUT2D eigenvalue weighted by Crippen LogP contribution is -2.50. The normalized spacial score (nSPS) is 42.1. The van der Waals surface area contributed by atoms with Gasteiger partial charge in [0.2, 0.25) is 0 Å². The van der Waals surface area contributed by atoms with Gasteiger partial charge >= 0.3 is 11.7 Å². The van der Waals surface area contributed by atoms with E-state index in [-0.39, 0.29) is 11.8 Å². The van der Waals surface area contributed by atoms with Crippen molar-refractivity contribution < 1.29 is 14.3 Å². The van der Waals surface area contributed by atoms with Gasteiger partial charge in [0.25, 0.3) is 0 Å². The van der Waals surface area contributed by atoms with Gasteiger partial charge in [-0.05, 0) is 55.8 Å². The quantitative estimate of drug-likeness (QED) is 0.318. The Morgan fingerprint density at radius 2 is 1.65 bits per heavy atom. The van der Waals surface area contributed by atoms with E-state index in [1.807, 2.05) is 0 Å². The molecule has 4 aliphatic rings. The molecule has 0 radical (unpaired) electrons. The Hall–Kier alpha value is -1.15. The highest BCUT2D eigenvalue weighted by molar-refractivity contribution is 6.32. The number of rotatable bonds is 2. The minimum atomic E-state index is -0.454. The Morgan fingerprint density at radius 3 is 2.12 bits per heavy atom. The third-order valence-electron chi connectivity index (χ3n) is 4.83. The topological polar surface area (TPSA) is 62.7 Å². The van der Waals surface area contributed by atoms with E-state index in [1.165, 1.54) is 39.0 Å². The number of carbonyl (C=O) groups is 1. The van der Waals surface area contributed by atoms with Gasteiger partial charge in [0, 0.05) is 6.92 Å². The average Bonchev–Trinajstić information content (AvgIpc) is 2.31. The molecule has 4 aliphatic carbocycles. The van der Waals surface area contributed by atoms with Crippen LogP contribution in [0.3, 0.4) is 0 Å². The molecular formula is C13H18N2O2. The van der Waals surface area contributed by atoms with Crippen LogP contribution in [0, 0.1) is 23.7 Å². The zero-order valence-corrected chi connectivity index (χ0v) is 10.1. The first-order valence-electron chi connectivity index (χ1n) is 6.57. The lowest BCUT2D eigenvalue weighted by atomic mass is 9.55. The van der Waals surface area contributed by atoms with Crippen LogP contribution in [-0.4, -0.2) is 22.6 Å². The molecule has 0 atom stereocenters. The smallest absolute Gasteiger partial charge is 0.416 e. The molecule has 0 N–H and O–H groups in total. The molecule has 0 aromatic carbocycles. The van der Waals surface area contributed by atoms with E-state index in [0.717, 1.165) is 11.8 Å². The monoisotopic (exact) mass is 234 g/mol. The number of esters is 1. The van der Waals surface area contributed by atoms with E-state index in [2.05, 4.69) is 4.79 Å². The fourth-order valence-electron chi connectivity index (χ4n) is 4.32. The van der Waals surface area contributed by atoms with Crippen molar-refractivity contribution in [2.45, 2.75) is 45.1 Å². The van der Waals surface area contributed by atoms with Crippen molar-refractivity contribution in [1.82, 2.24) is 0 Å². The van der Waals surface area contributed by atoms with Crippen LogP contribution >= 0.6 is 0 Å².